The second kappa shape index (κ2) is 7.45. The summed E-state index contributed by atoms with van der Waals surface area (Å²) in [6, 6.07) is 0. The largest absolute Gasteiger partial charge is 0.355 e. The van der Waals surface area contributed by atoms with Gasteiger partial charge in [0.2, 0.25) is 5.91 Å². The third-order valence-electron chi connectivity index (χ3n) is 2.59. The third kappa shape index (κ3) is 4.31. The molecule has 0 saturated carbocycles. The summed E-state index contributed by atoms with van der Waals surface area (Å²) in [5.74, 6) is 0.754. The van der Waals surface area contributed by atoms with Crippen LogP contribution in [0.2, 0.25) is 0 Å². The summed E-state index contributed by atoms with van der Waals surface area (Å²) < 4.78 is 19.7. The quantitative estimate of drug-likeness (QED) is 0.696. The van der Waals surface area contributed by atoms with Gasteiger partial charge in [0.1, 0.15) is 0 Å². The van der Waals surface area contributed by atoms with Crippen LogP contribution in [0.4, 0.5) is 0 Å². The van der Waals surface area contributed by atoms with Crippen LogP contribution < -0.4 is 0 Å². The molecule has 0 aromatic heterocycles. The zero-order valence-electron chi connectivity index (χ0n) is 10.7. The van der Waals surface area contributed by atoms with Crippen LogP contribution >= 0.6 is 18.1 Å². The van der Waals surface area contributed by atoms with Crippen LogP contribution in [0.1, 0.15) is 46.0 Å². The molecule has 1 fully saturated rings. The number of amides is 1. The summed E-state index contributed by atoms with van der Waals surface area (Å²) in [4.78, 5) is 12.0. The standard InChI is InChI=1S/C11H22NO3PS/c1-3-10-17-16(14,15-4-2)12-9-7-5-6-8-11(12)13/h3-10H2,1-2H3. The van der Waals surface area contributed by atoms with Crippen molar-refractivity contribution in [2.45, 2.75) is 46.0 Å². The minimum atomic E-state index is -2.99. The summed E-state index contributed by atoms with van der Waals surface area (Å²) in [5, 5.41) is 0. The molecule has 17 heavy (non-hydrogen) atoms. The summed E-state index contributed by atoms with van der Waals surface area (Å²) in [7, 11) is 0. The predicted molar refractivity (Wildman–Crippen MR) is 72.2 cm³/mol. The molecule has 1 atom stereocenters. The van der Waals surface area contributed by atoms with Gasteiger partial charge in [-0.25, -0.2) is 0 Å². The molecule has 0 N–H and O–H groups in total. The molecule has 1 heterocycles. The normalized spacial score (nSPS) is 21.1. The molecular formula is C11H22NO3PS. The fourth-order valence-electron chi connectivity index (χ4n) is 1.77. The highest BCUT2D eigenvalue weighted by atomic mass is 32.7. The van der Waals surface area contributed by atoms with Crippen LogP contribution in [-0.2, 0) is 13.9 Å². The van der Waals surface area contributed by atoms with E-state index in [2.05, 4.69) is 0 Å². The van der Waals surface area contributed by atoms with Gasteiger partial charge < -0.3 is 4.52 Å². The van der Waals surface area contributed by atoms with Crippen molar-refractivity contribution < 1.29 is 13.9 Å². The highest BCUT2D eigenvalue weighted by molar-refractivity contribution is 8.56. The molecule has 4 nitrogen and oxygen atoms in total. The van der Waals surface area contributed by atoms with Crippen LogP contribution in [0, 0.1) is 0 Å². The maximum Gasteiger partial charge on any atom is 0.355 e. The second-order valence-electron chi connectivity index (χ2n) is 4.05. The Morgan fingerprint density at radius 1 is 1.35 bits per heavy atom. The van der Waals surface area contributed by atoms with Gasteiger partial charge in [0.15, 0.2) is 0 Å². The van der Waals surface area contributed by atoms with Gasteiger partial charge in [0.25, 0.3) is 0 Å². The average molecular weight is 279 g/mol. The van der Waals surface area contributed by atoms with Crippen molar-refractivity contribution in [2.24, 2.45) is 0 Å². The minimum absolute atomic E-state index is 0.0112. The highest BCUT2D eigenvalue weighted by Gasteiger charge is 2.36. The van der Waals surface area contributed by atoms with Crippen LogP contribution in [0.3, 0.4) is 0 Å². The first-order valence-corrected chi connectivity index (χ1v) is 9.51. The molecule has 0 aromatic carbocycles. The molecule has 0 bridgehead atoms. The number of carbonyl (C=O) groups is 1. The Labute approximate surface area is 108 Å². The highest BCUT2D eigenvalue weighted by Crippen LogP contribution is 2.63. The average Bonchev–Trinajstić information content (AvgIpc) is 2.52. The Hall–Kier alpha value is 0.0100. The van der Waals surface area contributed by atoms with Crippen LogP contribution in [0.5, 0.6) is 0 Å². The zero-order chi connectivity index (χ0) is 12.7. The number of nitrogens with zero attached hydrogens (tertiary/aromatic N) is 1. The zero-order valence-corrected chi connectivity index (χ0v) is 12.4. The van der Waals surface area contributed by atoms with Crippen LogP contribution in [-0.4, -0.2) is 29.5 Å². The van der Waals surface area contributed by atoms with Gasteiger partial charge in [-0.2, -0.15) is 0 Å². The van der Waals surface area contributed by atoms with Gasteiger partial charge in [-0.15, -0.1) is 0 Å². The van der Waals surface area contributed by atoms with E-state index in [-0.39, 0.29) is 5.91 Å². The Kier molecular flexibility index (Phi) is 6.60. The van der Waals surface area contributed by atoms with E-state index in [4.69, 9.17) is 4.52 Å². The van der Waals surface area contributed by atoms with Crippen LogP contribution in [0.15, 0.2) is 0 Å². The molecule has 0 aliphatic carbocycles. The number of carbonyl (C=O) groups excluding carboxylic acids is 1. The van der Waals surface area contributed by atoms with E-state index in [0.29, 0.717) is 19.6 Å². The molecule has 1 amide bonds. The Bertz CT molecular complexity index is 298. The molecule has 1 unspecified atom stereocenters. The number of rotatable bonds is 6. The number of hydrogen-bond donors (Lipinski definition) is 0. The van der Waals surface area contributed by atoms with Gasteiger partial charge in [0, 0.05) is 18.7 Å². The van der Waals surface area contributed by atoms with E-state index >= 15 is 0 Å². The first-order chi connectivity index (χ1) is 8.14. The van der Waals surface area contributed by atoms with Gasteiger partial charge in [-0.1, -0.05) is 13.3 Å². The fourth-order valence-corrected chi connectivity index (χ4v) is 6.34. The summed E-state index contributed by atoms with van der Waals surface area (Å²) in [5.41, 5.74) is 0. The van der Waals surface area contributed by atoms with Crippen molar-refractivity contribution in [3.63, 3.8) is 0 Å². The lowest BCUT2D eigenvalue weighted by Gasteiger charge is -2.29. The Morgan fingerprint density at radius 3 is 2.76 bits per heavy atom. The molecule has 6 heteroatoms. The van der Waals surface area contributed by atoms with E-state index in [9.17, 15) is 9.36 Å². The molecule has 1 rings (SSSR count). The van der Waals surface area contributed by atoms with Gasteiger partial charge in [0.05, 0.1) is 6.61 Å². The predicted octanol–water partition coefficient (Wildman–Crippen LogP) is 3.68. The van der Waals surface area contributed by atoms with Crippen molar-refractivity contribution in [1.82, 2.24) is 4.67 Å². The first-order valence-electron chi connectivity index (χ1n) is 6.34. The van der Waals surface area contributed by atoms with E-state index in [1.807, 2.05) is 13.8 Å². The van der Waals surface area contributed by atoms with Crippen LogP contribution in [0.25, 0.3) is 0 Å². The van der Waals surface area contributed by atoms with Crippen molar-refractivity contribution >= 4 is 24.0 Å². The minimum Gasteiger partial charge on any atom is -0.306 e. The van der Waals surface area contributed by atoms with Crippen molar-refractivity contribution in [3.8, 4) is 0 Å². The second-order valence-corrected chi connectivity index (χ2v) is 8.55. The van der Waals surface area contributed by atoms with Crippen molar-refractivity contribution in [3.05, 3.63) is 0 Å². The Morgan fingerprint density at radius 2 is 2.12 bits per heavy atom. The molecule has 100 valence electrons. The SMILES string of the molecule is CCCSP(=O)(OCC)N1CCCCCC1=O. The molecule has 0 aromatic rings. The van der Waals surface area contributed by atoms with E-state index < -0.39 is 6.72 Å². The smallest absolute Gasteiger partial charge is 0.306 e. The van der Waals surface area contributed by atoms with Crippen molar-refractivity contribution in [1.29, 1.82) is 0 Å². The van der Waals surface area contributed by atoms with Gasteiger partial charge in [-0.05, 0) is 37.6 Å². The first kappa shape index (κ1) is 15.1. The lowest BCUT2D eigenvalue weighted by molar-refractivity contribution is -0.126. The lowest BCUT2D eigenvalue weighted by atomic mass is 10.2. The summed E-state index contributed by atoms with van der Waals surface area (Å²) in [6.45, 7) is 1.82. The molecule has 0 radical (unpaired) electrons. The Balaban J connectivity index is 2.79. The number of hydrogen-bond acceptors (Lipinski definition) is 4. The summed E-state index contributed by atoms with van der Waals surface area (Å²) in [6.07, 6.45) is 4.30. The monoisotopic (exact) mass is 279 g/mol. The molecule has 1 aliphatic rings. The van der Waals surface area contributed by atoms with E-state index in [0.717, 1.165) is 31.4 Å². The van der Waals surface area contributed by atoms with Crippen molar-refractivity contribution in [2.75, 3.05) is 18.9 Å². The van der Waals surface area contributed by atoms with E-state index in [1.54, 1.807) is 0 Å². The van der Waals surface area contributed by atoms with E-state index in [1.165, 1.54) is 16.1 Å². The maximum absolute atomic E-state index is 12.7. The summed E-state index contributed by atoms with van der Waals surface area (Å²) >= 11 is 1.31. The molecule has 1 saturated heterocycles. The third-order valence-corrected chi connectivity index (χ3v) is 7.55. The maximum atomic E-state index is 12.7. The van der Waals surface area contributed by atoms with Gasteiger partial charge >= 0.3 is 6.72 Å². The topological polar surface area (TPSA) is 46.6 Å². The van der Waals surface area contributed by atoms with Gasteiger partial charge in [-0.3, -0.25) is 14.0 Å². The molecular weight excluding hydrogens is 257 g/mol. The molecule has 1 aliphatic heterocycles. The molecule has 0 spiro atoms. The lowest BCUT2D eigenvalue weighted by Crippen LogP contribution is -2.27. The fraction of sp³-hybridized carbons (Fsp3) is 0.909.